The normalized spacial score (nSPS) is 17.8. The molecule has 2 rings (SSSR count). The Morgan fingerprint density at radius 1 is 1.21 bits per heavy atom. The molecule has 0 radical (unpaired) electrons. The zero-order valence-electron chi connectivity index (χ0n) is 12.4. The van der Waals surface area contributed by atoms with E-state index in [4.69, 9.17) is 5.73 Å². The summed E-state index contributed by atoms with van der Waals surface area (Å²) in [5.41, 5.74) is 6.93. The highest BCUT2D eigenvalue weighted by Gasteiger charge is 2.21. The molecule has 0 bridgehead atoms. The van der Waals surface area contributed by atoms with Gasteiger partial charge in [-0.05, 0) is 42.7 Å². The van der Waals surface area contributed by atoms with Crippen LogP contribution in [0.4, 0.5) is 5.95 Å². The maximum atomic E-state index is 5.62. The molecule has 1 aromatic rings. The van der Waals surface area contributed by atoms with Crippen molar-refractivity contribution in [3.8, 4) is 0 Å². The van der Waals surface area contributed by atoms with Crippen molar-refractivity contribution in [1.82, 2.24) is 9.97 Å². The van der Waals surface area contributed by atoms with Crippen molar-refractivity contribution >= 4 is 5.95 Å². The van der Waals surface area contributed by atoms with Crippen molar-refractivity contribution in [3.05, 3.63) is 18.0 Å². The molecule has 0 amide bonds. The Bertz CT molecular complexity index is 386. The monoisotopic (exact) mass is 262 g/mol. The lowest BCUT2D eigenvalue weighted by atomic mass is 9.89. The van der Waals surface area contributed by atoms with E-state index in [-0.39, 0.29) is 5.41 Å². The summed E-state index contributed by atoms with van der Waals surface area (Å²) in [6.07, 6.45) is 7.50. The predicted octanol–water partition coefficient (Wildman–Crippen LogP) is 2.34. The Balaban J connectivity index is 1.97. The lowest BCUT2D eigenvalue weighted by Gasteiger charge is -2.32. The molecule has 1 saturated heterocycles. The molecule has 0 atom stereocenters. The van der Waals surface area contributed by atoms with Gasteiger partial charge in [0.05, 0.1) is 0 Å². The van der Waals surface area contributed by atoms with Gasteiger partial charge in [0.15, 0.2) is 0 Å². The number of piperidine rings is 1. The summed E-state index contributed by atoms with van der Waals surface area (Å²) in [4.78, 5) is 11.4. The first-order valence-corrected chi connectivity index (χ1v) is 7.28. The summed E-state index contributed by atoms with van der Waals surface area (Å²) in [5.74, 6) is 1.66. The highest BCUT2D eigenvalue weighted by molar-refractivity contribution is 5.31. The second kappa shape index (κ2) is 5.87. The first kappa shape index (κ1) is 14.3. The zero-order chi connectivity index (χ0) is 13.9. The minimum absolute atomic E-state index is 0.118. The molecular formula is C15H26N4. The van der Waals surface area contributed by atoms with Gasteiger partial charge in [0.25, 0.3) is 0 Å². The minimum atomic E-state index is 0.118. The first-order valence-electron chi connectivity index (χ1n) is 7.28. The van der Waals surface area contributed by atoms with Crippen molar-refractivity contribution in [2.24, 2.45) is 11.7 Å². The second-order valence-electron chi connectivity index (χ2n) is 6.53. The van der Waals surface area contributed by atoms with Crippen LogP contribution in [0.3, 0.4) is 0 Å². The lowest BCUT2D eigenvalue weighted by molar-refractivity contribution is 0.383. The van der Waals surface area contributed by atoms with E-state index < -0.39 is 0 Å². The Morgan fingerprint density at radius 3 is 2.26 bits per heavy atom. The van der Waals surface area contributed by atoms with Crippen LogP contribution in [0.15, 0.2) is 12.4 Å². The van der Waals surface area contributed by atoms with Gasteiger partial charge in [-0.25, -0.2) is 9.97 Å². The fraction of sp³-hybridized carbons (Fsp3) is 0.733. The Hall–Kier alpha value is -1.16. The molecule has 2 heterocycles. The highest BCUT2D eigenvalue weighted by Crippen LogP contribution is 2.24. The van der Waals surface area contributed by atoms with Crippen molar-refractivity contribution < 1.29 is 0 Å². The van der Waals surface area contributed by atoms with Gasteiger partial charge in [-0.2, -0.15) is 0 Å². The summed E-state index contributed by atoms with van der Waals surface area (Å²) in [6, 6.07) is 0. The quantitative estimate of drug-likeness (QED) is 0.908. The van der Waals surface area contributed by atoms with Crippen LogP contribution in [-0.2, 0) is 5.41 Å². The Morgan fingerprint density at radius 2 is 1.79 bits per heavy atom. The van der Waals surface area contributed by atoms with Crippen LogP contribution in [0.2, 0.25) is 0 Å². The molecule has 19 heavy (non-hydrogen) atoms. The third-order valence-electron chi connectivity index (χ3n) is 3.98. The summed E-state index contributed by atoms with van der Waals surface area (Å²) in [7, 11) is 0. The third kappa shape index (κ3) is 3.66. The number of hydrogen-bond acceptors (Lipinski definition) is 4. The molecule has 0 aromatic carbocycles. The number of nitrogens with zero attached hydrogens (tertiary/aromatic N) is 3. The molecule has 1 aromatic heterocycles. The van der Waals surface area contributed by atoms with E-state index in [0.29, 0.717) is 0 Å². The molecule has 4 heteroatoms. The molecule has 1 aliphatic heterocycles. The van der Waals surface area contributed by atoms with Gasteiger partial charge in [0.1, 0.15) is 0 Å². The standard InChI is InChI=1S/C15H26N4/c1-15(2,3)13-10-17-14(18-11-13)19-8-5-12(4-7-16)6-9-19/h10-12H,4-9,16H2,1-3H3. The van der Waals surface area contributed by atoms with Gasteiger partial charge in [-0.15, -0.1) is 0 Å². The fourth-order valence-electron chi connectivity index (χ4n) is 2.53. The van der Waals surface area contributed by atoms with Crippen LogP contribution < -0.4 is 10.6 Å². The van der Waals surface area contributed by atoms with Crippen molar-refractivity contribution in [2.75, 3.05) is 24.5 Å². The molecule has 0 unspecified atom stereocenters. The predicted molar refractivity (Wildman–Crippen MR) is 79.3 cm³/mol. The average Bonchev–Trinajstić information content (AvgIpc) is 2.39. The van der Waals surface area contributed by atoms with Crippen LogP contribution in [0.25, 0.3) is 0 Å². The lowest BCUT2D eigenvalue weighted by Crippen LogP contribution is -2.35. The van der Waals surface area contributed by atoms with Crippen LogP contribution in [0, 0.1) is 5.92 Å². The van der Waals surface area contributed by atoms with E-state index in [1.807, 2.05) is 12.4 Å². The van der Waals surface area contributed by atoms with Gasteiger partial charge >= 0.3 is 0 Å². The van der Waals surface area contributed by atoms with Crippen molar-refractivity contribution in [2.45, 2.75) is 45.4 Å². The molecule has 0 saturated carbocycles. The van der Waals surface area contributed by atoms with Crippen LogP contribution in [-0.4, -0.2) is 29.6 Å². The number of aromatic nitrogens is 2. The molecule has 1 aliphatic rings. The summed E-state index contributed by atoms with van der Waals surface area (Å²) >= 11 is 0. The molecule has 0 spiro atoms. The zero-order valence-corrected chi connectivity index (χ0v) is 12.4. The number of nitrogens with two attached hydrogens (primary N) is 1. The maximum absolute atomic E-state index is 5.62. The van der Waals surface area contributed by atoms with Crippen LogP contribution in [0.5, 0.6) is 0 Å². The SMILES string of the molecule is CC(C)(C)c1cnc(N2CCC(CCN)CC2)nc1. The first-order chi connectivity index (χ1) is 9.00. The maximum Gasteiger partial charge on any atom is 0.225 e. The highest BCUT2D eigenvalue weighted by atomic mass is 15.2. The molecule has 4 nitrogen and oxygen atoms in total. The van der Waals surface area contributed by atoms with Gasteiger partial charge in [-0.3, -0.25) is 0 Å². The fourth-order valence-corrected chi connectivity index (χ4v) is 2.53. The van der Waals surface area contributed by atoms with E-state index in [1.165, 1.54) is 18.4 Å². The van der Waals surface area contributed by atoms with Gasteiger partial charge in [0, 0.05) is 25.5 Å². The Kier molecular flexibility index (Phi) is 4.40. The van der Waals surface area contributed by atoms with E-state index in [9.17, 15) is 0 Å². The van der Waals surface area contributed by atoms with E-state index in [2.05, 4.69) is 35.6 Å². The number of anilines is 1. The third-order valence-corrected chi connectivity index (χ3v) is 3.98. The van der Waals surface area contributed by atoms with E-state index >= 15 is 0 Å². The Labute approximate surface area is 116 Å². The molecule has 2 N–H and O–H groups in total. The van der Waals surface area contributed by atoms with Gasteiger partial charge < -0.3 is 10.6 Å². The smallest absolute Gasteiger partial charge is 0.225 e. The average molecular weight is 262 g/mol. The van der Waals surface area contributed by atoms with Crippen molar-refractivity contribution in [3.63, 3.8) is 0 Å². The van der Waals surface area contributed by atoms with E-state index in [0.717, 1.165) is 37.9 Å². The second-order valence-corrected chi connectivity index (χ2v) is 6.53. The largest absolute Gasteiger partial charge is 0.341 e. The van der Waals surface area contributed by atoms with Gasteiger partial charge in [0.2, 0.25) is 5.95 Å². The topological polar surface area (TPSA) is 55.0 Å². The summed E-state index contributed by atoms with van der Waals surface area (Å²) < 4.78 is 0. The molecule has 106 valence electrons. The number of hydrogen-bond donors (Lipinski definition) is 1. The molecule has 0 aliphatic carbocycles. The van der Waals surface area contributed by atoms with Gasteiger partial charge in [-0.1, -0.05) is 20.8 Å². The minimum Gasteiger partial charge on any atom is -0.341 e. The molecular weight excluding hydrogens is 236 g/mol. The summed E-state index contributed by atoms with van der Waals surface area (Å²) in [5, 5.41) is 0. The number of rotatable bonds is 3. The van der Waals surface area contributed by atoms with Crippen LogP contribution >= 0.6 is 0 Å². The molecule has 1 fully saturated rings. The van der Waals surface area contributed by atoms with Crippen molar-refractivity contribution in [1.29, 1.82) is 0 Å². The van der Waals surface area contributed by atoms with Crippen LogP contribution in [0.1, 0.15) is 45.6 Å². The van der Waals surface area contributed by atoms with E-state index in [1.54, 1.807) is 0 Å². The summed E-state index contributed by atoms with van der Waals surface area (Å²) in [6.45, 7) is 9.47.